The van der Waals surface area contributed by atoms with E-state index in [0.29, 0.717) is 23.7 Å². The third-order valence-electron chi connectivity index (χ3n) is 2.84. The van der Waals surface area contributed by atoms with E-state index < -0.39 is 0 Å². The average Bonchev–Trinajstić information content (AvgIpc) is 2.84. The van der Waals surface area contributed by atoms with Crippen LogP contribution in [0.3, 0.4) is 0 Å². The molecule has 0 bridgehead atoms. The van der Waals surface area contributed by atoms with Crippen LogP contribution in [-0.4, -0.2) is 29.3 Å². The van der Waals surface area contributed by atoms with E-state index in [9.17, 15) is 0 Å². The molecule has 1 heterocycles. The first-order valence-corrected chi connectivity index (χ1v) is 6.22. The molecule has 0 aliphatic rings. The van der Waals surface area contributed by atoms with Crippen LogP contribution in [-0.2, 0) is 13.5 Å². The van der Waals surface area contributed by atoms with E-state index in [0.717, 1.165) is 12.0 Å². The number of nitrogens with one attached hydrogen (secondary N) is 1. The zero-order chi connectivity index (χ0) is 14.5. The topological polar surface area (TPSA) is 86.2 Å². The number of nitrogens with two attached hydrogens (primary N) is 1. The molecule has 0 amide bonds. The number of amidine groups is 1. The maximum atomic E-state index is 7.47. The van der Waals surface area contributed by atoms with Crippen molar-refractivity contribution in [2.75, 3.05) is 13.7 Å². The van der Waals surface area contributed by atoms with Gasteiger partial charge in [0, 0.05) is 31.3 Å². The lowest BCUT2D eigenvalue weighted by atomic mass is 10.2. The first kappa shape index (κ1) is 13.9. The van der Waals surface area contributed by atoms with Crippen LogP contribution < -0.4 is 15.2 Å². The number of rotatable bonds is 6. The SMILES string of the molecule is COc1cc(OCCc2cnn(C)c2)cc(C(=N)N)c1. The monoisotopic (exact) mass is 274 g/mol. The highest BCUT2D eigenvalue weighted by molar-refractivity contribution is 5.95. The summed E-state index contributed by atoms with van der Waals surface area (Å²) in [6, 6.07) is 5.21. The van der Waals surface area contributed by atoms with Crippen molar-refractivity contribution in [1.29, 1.82) is 5.41 Å². The van der Waals surface area contributed by atoms with Crippen molar-refractivity contribution in [3.63, 3.8) is 0 Å². The molecule has 106 valence electrons. The Morgan fingerprint density at radius 1 is 1.35 bits per heavy atom. The highest BCUT2D eigenvalue weighted by atomic mass is 16.5. The third-order valence-corrected chi connectivity index (χ3v) is 2.84. The van der Waals surface area contributed by atoms with Crippen molar-refractivity contribution >= 4 is 5.84 Å². The third kappa shape index (κ3) is 3.50. The predicted octanol–water partition coefficient (Wildman–Crippen LogP) is 1.33. The second-order valence-electron chi connectivity index (χ2n) is 4.43. The fourth-order valence-electron chi connectivity index (χ4n) is 1.82. The smallest absolute Gasteiger partial charge is 0.123 e. The van der Waals surface area contributed by atoms with Crippen LogP contribution in [0.2, 0.25) is 0 Å². The molecular formula is C14H18N4O2. The molecule has 0 radical (unpaired) electrons. The van der Waals surface area contributed by atoms with Gasteiger partial charge in [-0.15, -0.1) is 0 Å². The van der Waals surface area contributed by atoms with Gasteiger partial charge in [0.25, 0.3) is 0 Å². The van der Waals surface area contributed by atoms with Crippen LogP contribution in [0.5, 0.6) is 11.5 Å². The molecule has 6 heteroatoms. The molecule has 0 saturated heterocycles. The number of aryl methyl sites for hydroxylation is 1. The summed E-state index contributed by atoms with van der Waals surface area (Å²) in [6.45, 7) is 0.524. The van der Waals surface area contributed by atoms with Gasteiger partial charge < -0.3 is 15.2 Å². The summed E-state index contributed by atoms with van der Waals surface area (Å²) < 4.78 is 12.6. The molecule has 20 heavy (non-hydrogen) atoms. The first-order chi connectivity index (χ1) is 9.58. The number of hydrogen-bond donors (Lipinski definition) is 2. The number of methoxy groups -OCH3 is 1. The van der Waals surface area contributed by atoms with Crippen LogP contribution in [0.4, 0.5) is 0 Å². The largest absolute Gasteiger partial charge is 0.497 e. The van der Waals surface area contributed by atoms with E-state index >= 15 is 0 Å². The Bertz CT molecular complexity index is 607. The average molecular weight is 274 g/mol. The van der Waals surface area contributed by atoms with Gasteiger partial charge in [-0.1, -0.05) is 0 Å². The highest BCUT2D eigenvalue weighted by Crippen LogP contribution is 2.22. The Kier molecular flexibility index (Phi) is 4.24. The number of aromatic nitrogens is 2. The lowest BCUT2D eigenvalue weighted by Gasteiger charge is -2.09. The zero-order valence-corrected chi connectivity index (χ0v) is 11.6. The normalized spacial score (nSPS) is 10.3. The van der Waals surface area contributed by atoms with E-state index in [1.807, 2.05) is 19.4 Å². The van der Waals surface area contributed by atoms with Crippen LogP contribution in [0.15, 0.2) is 30.6 Å². The molecule has 0 atom stereocenters. The van der Waals surface area contributed by atoms with Gasteiger partial charge in [-0.2, -0.15) is 5.10 Å². The Balaban J connectivity index is 2.01. The summed E-state index contributed by atoms with van der Waals surface area (Å²) in [5, 5.41) is 11.6. The van der Waals surface area contributed by atoms with Gasteiger partial charge in [0.1, 0.15) is 17.3 Å². The maximum Gasteiger partial charge on any atom is 0.123 e. The highest BCUT2D eigenvalue weighted by Gasteiger charge is 2.05. The van der Waals surface area contributed by atoms with Crippen molar-refractivity contribution in [2.45, 2.75) is 6.42 Å². The zero-order valence-electron chi connectivity index (χ0n) is 11.6. The predicted molar refractivity (Wildman–Crippen MR) is 76.4 cm³/mol. The number of nitrogen functional groups attached to an aromatic ring is 1. The van der Waals surface area contributed by atoms with Crippen LogP contribution in [0.1, 0.15) is 11.1 Å². The van der Waals surface area contributed by atoms with Crippen LogP contribution in [0, 0.1) is 5.41 Å². The van der Waals surface area contributed by atoms with Gasteiger partial charge in [-0.25, -0.2) is 0 Å². The van der Waals surface area contributed by atoms with Gasteiger partial charge in [0.2, 0.25) is 0 Å². The van der Waals surface area contributed by atoms with Gasteiger partial charge in [-0.3, -0.25) is 10.1 Å². The van der Waals surface area contributed by atoms with Gasteiger partial charge in [0.15, 0.2) is 0 Å². The molecule has 3 N–H and O–H groups in total. The van der Waals surface area contributed by atoms with Crippen molar-refractivity contribution in [1.82, 2.24) is 9.78 Å². The summed E-state index contributed by atoms with van der Waals surface area (Å²) in [5.41, 5.74) is 7.19. The molecule has 0 spiro atoms. The molecule has 0 fully saturated rings. The van der Waals surface area contributed by atoms with Gasteiger partial charge in [0.05, 0.1) is 19.9 Å². The Morgan fingerprint density at radius 2 is 2.10 bits per heavy atom. The minimum absolute atomic E-state index is 0.0130. The van der Waals surface area contributed by atoms with Crippen molar-refractivity contribution in [3.05, 3.63) is 41.7 Å². The minimum atomic E-state index is -0.0130. The number of ether oxygens (including phenoxy) is 2. The fourth-order valence-corrected chi connectivity index (χ4v) is 1.82. The quantitative estimate of drug-likeness (QED) is 0.614. The minimum Gasteiger partial charge on any atom is -0.497 e. The summed E-state index contributed by atoms with van der Waals surface area (Å²) in [7, 11) is 3.45. The standard InChI is InChI=1S/C14H18N4O2/c1-18-9-10(8-17-18)3-4-20-13-6-11(14(15)16)5-12(7-13)19-2/h5-9H,3-4H2,1-2H3,(H3,15,16). The van der Waals surface area contributed by atoms with Crippen LogP contribution in [0.25, 0.3) is 0 Å². The first-order valence-electron chi connectivity index (χ1n) is 6.22. The summed E-state index contributed by atoms with van der Waals surface area (Å²) in [4.78, 5) is 0. The molecule has 2 aromatic rings. The molecule has 0 aliphatic carbocycles. The van der Waals surface area contributed by atoms with Crippen molar-refractivity contribution in [3.8, 4) is 11.5 Å². The number of benzene rings is 1. The molecule has 6 nitrogen and oxygen atoms in total. The molecule has 0 aliphatic heterocycles. The Hall–Kier alpha value is -2.50. The van der Waals surface area contributed by atoms with Crippen molar-refractivity contribution in [2.24, 2.45) is 12.8 Å². The molecule has 2 rings (SSSR count). The lowest BCUT2D eigenvalue weighted by Crippen LogP contribution is -2.11. The molecular weight excluding hydrogens is 256 g/mol. The van der Waals surface area contributed by atoms with E-state index in [-0.39, 0.29) is 5.84 Å². The fraction of sp³-hybridized carbons (Fsp3) is 0.286. The van der Waals surface area contributed by atoms with Crippen LogP contribution >= 0.6 is 0 Å². The van der Waals surface area contributed by atoms with E-state index in [1.54, 1.807) is 30.0 Å². The van der Waals surface area contributed by atoms with E-state index in [1.165, 1.54) is 0 Å². The lowest BCUT2D eigenvalue weighted by molar-refractivity contribution is 0.319. The van der Waals surface area contributed by atoms with Gasteiger partial charge in [-0.05, 0) is 17.7 Å². The van der Waals surface area contributed by atoms with Gasteiger partial charge >= 0.3 is 0 Å². The maximum absolute atomic E-state index is 7.47. The van der Waals surface area contributed by atoms with E-state index in [4.69, 9.17) is 20.6 Å². The Morgan fingerprint density at radius 3 is 2.70 bits per heavy atom. The second kappa shape index (κ2) is 6.10. The summed E-state index contributed by atoms with van der Waals surface area (Å²) >= 11 is 0. The summed E-state index contributed by atoms with van der Waals surface area (Å²) in [6.07, 6.45) is 4.53. The second-order valence-corrected chi connectivity index (χ2v) is 4.43. The Labute approximate surface area is 117 Å². The molecule has 0 unspecified atom stereocenters. The summed E-state index contributed by atoms with van der Waals surface area (Å²) in [5.74, 6) is 1.24. The molecule has 1 aromatic heterocycles. The van der Waals surface area contributed by atoms with E-state index in [2.05, 4.69) is 5.10 Å². The molecule has 0 saturated carbocycles. The molecule has 1 aromatic carbocycles. The number of hydrogen-bond acceptors (Lipinski definition) is 4. The number of nitrogens with zero attached hydrogens (tertiary/aromatic N) is 2. The van der Waals surface area contributed by atoms with Crippen molar-refractivity contribution < 1.29 is 9.47 Å².